The van der Waals surface area contributed by atoms with Gasteiger partial charge in [-0.15, -0.1) is 0 Å². The van der Waals surface area contributed by atoms with Gasteiger partial charge in [0.25, 0.3) is 0 Å². The molecule has 2 aromatic carbocycles. The number of hydrogen-bond acceptors (Lipinski definition) is 3. The van der Waals surface area contributed by atoms with Gasteiger partial charge in [-0.05, 0) is 29.3 Å². The van der Waals surface area contributed by atoms with Gasteiger partial charge in [-0.3, -0.25) is 0 Å². The van der Waals surface area contributed by atoms with Gasteiger partial charge >= 0.3 is 5.97 Å². The van der Waals surface area contributed by atoms with E-state index in [0.29, 0.717) is 17.9 Å². The lowest BCUT2D eigenvalue weighted by atomic mass is 9.99. The van der Waals surface area contributed by atoms with E-state index in [4.69, 9.17) is 9.47 Å². The second-order valence-corrected chi connectivity index (χ2v) is 4.64. The van der Waals surface area contributed by atoms with Crippen molar-refractivity contribution in [1.82, 2.24) is 0 Å². The minimum Gasteiger partial charge on any atom is -0.491 e. The molecule has 0 aromatic heterocycles. The number of carboxylic acid groups (broad SMARTS) is 1. The predicted molar refractivity (Wildman–Crippen MR) is 74.1 cm³/mol. The van der Waals surface area contributed by atoms with Crippen LogP contribution in [-0.4, -0.2) is 30.4 Å². The van der Waals surface area contributed by atoms with E-state index >= 15 is 0 Å². The molecule has 0 bridgehead atoms. The number of carbonyl (C=O) groups is 1. The normalized spacial score (nSPS) is 16.7. The van der Waals surface area contributed by atoms with E-state index in [-0.39, 0.29) is 11.7 Å². The summed E-state index contributed by atoms with van der Waals surface area (Å²) in [4.78, 5) is 11.3. The molecule has 1 aliphatic heterocycles. The standard InChI is InChI=1S/C16H14O4/c17-16(18)14-7-6-12(19-9-13-10-20-13)8-15(14)11-4-2-1-3-5-11/h1-8,13H,9-10H2,(H,17,18). The van der Waals surface area contributed by atoms with E-state index in [0.717, 1.165) is 12.2 Å². The number of ether oxygens (including phenoxy) is 2. The maximum atomic E-state index is 11.3. The zero-order chi connectivity index (χ0) is 13.9. The molecule has 4 heteroatoms. The molecule has 1 fully saturated rings. The number of hydrogen-bond donors (Lipinski definition) is 1. The molecule has 1 saturated heterocycles. The maximum absolute atomic E-state index is 11.3. The molecule has 0 radical (unpaired) electrons. The first-order chi connectivity index (χ1) is 9.74. The highest BCUT2D eigenvalue weighted by atomic mass is 16.6. The third-order valence-electron chi connectivity index (χ3n) is 3.14. The van der Waals surface area contributed by atoms with Crippen molar-refractivity contribution >= 4 is 5.97 Å². The molecular formula is C16H14O4. The number of carboxylic acids is 1. The van der Waals surface area contributed by atoms with Gasteiger partial charge in [0, 0.05) is 0 Å². The first-order valence-corrected chi connectivity index (χ1v) is 6.41. The topological polar surface area (TPSA) is 59.1 Å². The van der Waals surface area contributed by atoms with Crippen molar-refractivity contribution in [2.45, 2.75) is 6.10 Å². The van der Waals surface area contributed by atoms with E-state index < -0.39 is 5.97 Å². The van der Waals surface area contributed by atoms with E-state index in [1.807, 2.05) is 30.3 Å². The van der Waals surface area contributed by atoms with Gasteiger partial charge < -0.3 is 14.6 Å². The zero-order valence-corrected chi connectivity index (χ0v) is 10.8. The SMILES string of the molecule is O=C(O)c1ccc(OCC2CO2)cc1-c1ccccc1. The lowest BCUT2D eigenvalue weighted by Gasteiger charge is -2.10. The molecule has 0 spiro atoms. The molecule has 20 heavy (non-hydrogen) atoms. The molecule has 1 unspecified atom stereocenters. The van der Waals surface area contributed by atoms with Crippen molar-refractivity contribution in [2.24, 2.45) is 0 Å². The van der Waals surface area contributed by atoms with E-state index in [1.54, 1.807) is 18.2 Å². The molecule has 1 N–H and O–H groups in total. The third kappa shape index (κ3) is 2.81. The molecule has 2 aromatic rings. The Labute approximate surface area is 116 Å². The Balaban J connectivity index is 1.94. The fourth-order valence-corrected chi connectivity index (χ4v) is 2.01. The zero-order valence-electron chi connectivity index (χ0n) is 10.8. The summed E-state index contributed by atoms with van der Waals surface area (Å²) in [6.07, 6.45) is 0.175. The van der Waals surface area contributed by atoms with Crippen LogP contribution in [0.25, 0.3) is 11.1 Å². The van der Waals surface area contributed by atoms with Crippen LogP contribution in [0.4, 0.5) is 0 Å². The summed E-state index contributed by atoms with van der Waals surface area (Å²) >= 11 is 0. The summed E-state index contributed by atoms with van der Waals surface area (Å²) in [5.41, 5.74) is 1.79. The van der Waals surface area contributed by atoms with Gasteiger partial charge in [0.15, 0.2) is 0 Å². The van der Waals surface area contributed by atoms with Crippen LogP contribution < -0.4 is 4.74 Å². The van der Waals surface area contributed by atoms with Crippen LogP contribution >= 0.6 is 0 Å². The second-order valence-electron chi connectivity index (χ2n) is 4.64. The first kappa shape index (κ1) is 12.7. The summed E-state index contributed by atoms with van der Waals surface area (Å²) in [6, 6.07) is 14.5. The summed E-state index contributed by atoms with van der Waals surface area (Å²) in [5, 5.41) is 9.29. The van der Waals surface area contributed by atoms with Crippen LogP contribution in [0.5, 0.6) is 5.75 Å². The fourth-order valence-electron chi connectivity index (χ4n) is 2.01. The van der Waals surface area contributed by atoms with Crippen LogP contribution in [0, 0.1) is 0 Å². The van der Waals surface area contributed by atoms with Crippen molar-refractivity contribution in [2.75, 3.05) is 13.2 Å². The summed E-state index contributed by atoms with van der Waals surface area (Å²) in [7, 11) is 0. The highest BCUT2D eigenvalue weighted by Crippen LogP contribution is 2.28. The molecule has 1 aliphatic rings. The fraction of sp³-hybridized carbons (Fsp3) is 0.188. The van der Waals surface area contributed by atoms with Crippen molar-refractivity contribution in [1.29, 1.82) is 0 Å². The Morgan fingerprint density at radius 3 is 2.65 bits per heavy atom. The Bertz CT molecular complexity index is 618. The molecular weight excluding hydrogens is 256 g/mol. The van der Waals surface area contributed by atoms with Gasteiger partial charge in [0.05, 0.1) is 12.2 Å². The molecule has 4 nitrogen and oxygen atoms in total. The highest BCUT2D eigenvalue weighted by molar-refractivity contribution is 5.96. The third-order valence-corrected chi connectivity index (χ3v) is 3.14. The lowest BCUT2D eigenvalue weighted by molar-refractivity contribution is 0.0697. The smallest absolute Gasteiger partial charge is 0.336 e. The molecule has 0 aliphatic carbocycles. The Hall–Kier alpha value is -2.33. The minimum absolute atomic E-state index is 0.175. The van der Waals surface area contributed by atoms with Gasteiger partial charge in [-0.1, -0.05) is 30.3 Å². The molecule has 0 amide bonds. The van der Waals surface area contributed by atoms with Crippen molar-refractivity contribution in [3.05, 3.63) is 54.1 Å². The molecule has 3 rings (SSSR count). The maximum Gasteiger partial charge on any atom is 0.336 e. The largest absolute Gasteiger partial charge is 0.491 e. The average molecular weight is 270 g/mol. The Kier molecular flexibility index (Phi) is 3.39. The Morgan fingerprint density at radius 2 is 2.00 bits per heavy atom. The molecule has 1 heterocycles. The van der Waals surface area contributed by atoms with Crippen molar-refractivity contribution in [3.63, 3.8) is 0 Å². The predicted octanol–water partition coefficient (Wildman–Crippen LogP) is 2.83. The molecule has 0 saturated carbocycles. The van der Waals surface area contributed by atoms with E-state index in [2.05, 4.69) is 0 Å². The van der Waals surface area contributed by atoms with Gasteiger partial charge in [0.1, 0.15) is 18.5 Å². The van der Waals surface area contributed by atoms with Crippen LogP contribution in [0.2, 0.25) is 0 Å². The van der Waals surface area contributed by atoms with Crippen molar-refractivity contribution < 1.29 is 19.4 Å². The van der Waals surface area contributed by atoms with Crippen LogP contribution in [0.1, 0.15) is 10.4 Å². The van der Waals surface area contributed by atoms with E-state index in [1.165, 1.54) is 0 Å². The number of rotatable bonds is 5. The van der Waals surface area contributed by atoms with E-state index in [9.17, 15) is 9.90 Å². The van der Waals surface area contributed by atoms with Gasteiger partial charge in [0.2, 0.25) is 0 Å². The van der Waals surface area contributed by atoms with Gasteiger partial charge in [-0.25, -0.2) is 4.79 Å². The van der Waals surface area contributed by atoms with Crippen LogP contribution in [0.15, 0.2) is 48.5 Å². The number of epoxide rings is 1. The second kappa shape index (κ2) is 5.35. The summed E-state index contributed by atoms with van der Waals surface area (Å²) in [6.45, 7) is 1.24. The summed E-state index contributed by atoms with van der Waals surface area (Å²) < 4.78 is 10.7. The number of aromatic carboxylic acids is 1. The van der Waals surface area contributed by atoms with Crippen molar-refractivity contribution in [3.8, 4) is 16.9 Å². The monoisotopic (exact) mass is 270 g/mol. The summed E-state index contributed by atoms with van der Waals surface area (Å²) in [5.74, 6) is -0.287. The van der Waals surface area contributed by atoms with Crippen LogP contribution in [-0.2, 0) is 4.74 Å². The molecule has 102 valence electrons. The highest BCUT2D eigenvalue weighted by Gasteiger charge is 2.23. The molecule has 1 atom stereocenters. The van der Waals surface area contributed by atoms with Gasteiger partial charge in [-0.2, -0.15) is 0 Å². The Morgan fingerprint density at radius 1 is 1.25 bits per heavy atom. The lowest BCUT2D eigenvalue weighted by Crippen LogP contribution is -2.05. The van der Waals surface area contributed by atoms with Crippen LogP contribution in [0.3, 0.4) is 0 Å². The number of benzene rings is 2. The quantitative estimate of drug-likeness (QED) is 0.849. The minimum atomic E-state index is -0.944. The average Bonchev–Trinajstić information content (AvgIpc) is 3.30. The first-order valence-electron chi connectivity index (χ1n) is 6.41.